The number of hydrogen-bond acceptors (Lipinski definition) is 5. The van der Waals surface area contributed by atoms with Gasteiger partial charge in [0.1, 0.15) is 12.1 Å². The van der Waals surface area contributed by atoms with Gasteiger partial charge in [-0.05, 0) is 53.6 Å². The fourth-order valence-corrected chi connectivity index (χ4v) is 2.40. The molecule has 0 aliphatic heterocycles. The van der Waals surface area contributed by atoms with Gasteiger partial charge in [0.25, 0.3) is 5.91 Å². The van der Waals surface area contributed by atoms with Gasteiger partial charge in [-0.3, -0.25) is 4.79 Å². The molecule has 0 radical (unpaired) electrons. The Bertz CT molecular complexity index is 833. The summed E-state index contributed by atoms with van der Waals surface area (Å²) in [6, 6.07) is 15.1. The quantitative estimate of drug-likeness (QED) is 0.668. The molecule has 25 heavy (non-hydrogen) atoms. The van der Waals surface area contributed by atoms with Crippen molar-refractivity contribution in [3.05, 3.63) is 66.0 Å². The Kier molecular flexibility index (Phi) is 5.36. The SMILES string of the molecule is Cc1cccc(OCCCNC(=O)c2ccccc2-n2cnnn2)c1. The number of carbonyl (C=O) groups is 1. The second-order valence-corrected chi connectivity index (χ2v) is 5.55. The normalized spacial score (nSPS) is 10.4. The van der Waals surface area contributed by atoms with Crippen molar-refractivity contribution in [1.29, 1.82) is 0 Å². The summed E-state index contributed by atoms with van der Waals surface area (Å²) in [6.45, 7) is 3.09. The van der Waals surface area contributed by atoms with E-state index >= 15 is 0 Å². The molecule has 0 spiro atoms. The minimum Gasteiger partial charge on any atom is -0.494 e. The van der Waals surface area contributed by atoms with Crippen LogP contribution in [-0.2, 0) is 0 Å². The van der Waals surface area contributed by atoms with Crippen LogP contribution in [0.5, 0.6) is 5.75 Å². The first-order chi connectivity index (χ1) is 12.2. The number of ether oxygens (including phenoxy) is 1. The van der Waals surface area contributed by atoms with Crippen LogP contribution in [0, 0.1) is 6.92 Å². The number of benzene rings is 2. The van der Waals surface area contributed by atoms with Gasteiger partial charge in [-0.15, -0.1) is 5.10 Å². The smallest absolute Gasteiger partial charge is 0.253 e. The van der Waals surface area contributed by atoms with Crippen LogP contribution in [0.25, 0.3) is 5.69 Å². The molecular weight excluding hydrogens is 318 g/mol. The van der Waals surface area contributed by atoms with Gasteiger partial charge in [0.15, 0.2) is 0 Å². The molecule has 0 aliphatic rings. The zero-order valence-electron chi connectivity index (χ0n) is 13.9. The molecule has 7 heteroatoms. The van der Waals surface area contributed by atoms with E-state index in [9.17, 15) is 4.79 Å². The molecule has 3 rings (SSSR count). The Morgan fingerprint density at radius 2 is 2.08 bits per heavy atom. The van der Waals surface area contributed by atoms with Crippen molar-refractivity contribution in [3.8, 4) is 11.4 Å². The molecule has 1 heterocycles. The van der Waals surface area contributed by atoms with Crippen LogP contribution < -0.4 is 10.1 Å². The van der Waals surface area contributed by atoms with Crippen molar-refractivity contribution in [2.45, 2.75) is 13.3 Å². The lowest BCUT2D eigenvalue weighted by atomic mass is 10.1. The molecule has 7 nitrogen and oxygen atoms in total. The van der Waals surface area contributed by atoms with Gasteiger partial charge in [0, 0.05) is 6.54 Å². The van der Waals surface area contributed by atoms with E-state index < -0.39 is 0 Å². The van der Waals surface area contributed by atoms with Gasteiger partial charge in [0.05, 0.1) is 17.9 Å². The van der Waals surface area contributed by atoms with Crippen LogP contribution in [0.2, 0.25) is 0 Å². The first kappa shape index (κ1) is 16.6. The summed E-state index contributed by atoms with van der Waals surface area (Å²) in [5.41, 5.74) is 2.32. The maximum Gasteiger partial charge on any atom is 0.253 e. The van der Waals surface area contributed by atoms with Gasteiger partial charge in [-0.1, -0.05) is 24.3 Å². The summed E-state index contributed by atoms with van der Waals surface area (Å²) >= 11 is 0. The number of hydrogen-bond donors (Lipinski definition) is 1. The average molecular weight is 337 g/mol. The number of nitrogens with zero attached hydrogens (tertiary/aromatic N) is 4. The standard InChI is InChI=1S/C18H19N5O2/c1-14-6-4-7-15(12-14)25-11-5-10-19-18(24)16-8-2-3-9-17(16)23-13-20-21-22-23/h2-4,6-9,12-13H,5,10-11H2,1H3,(H,19,24). The predicted molar refractivity (Wildman–Crippen MR) is 92.8 cm³/mol. The van der Waals surface area contributed by atoms with Crippen molar-refractivity contribution in [2.24, 2.45) is 0 Å². The largest absolute Gasteiger partial charge is 0.494 e. The molecule has 0 unspecified atom stereocenters. The molecule has 0 saturated heterocycles. The monoisotopic (exact) mass is 337 g/mol. The summed E-state index contributed by atoms with van der Waals surface area (Å²) < 4.78 is 7.14. The van der Waals surface area contributed by atoms with E-state index in [0.717, 1.165) is 11.3 Å². The molecule has 3 aromatic rings. The van der Waals surface area contributed by atoms with Crippen LogP contribution in [0.15, 0.2) is 54.9 Å². The zero-order valence-corrected chi connectivity index (χ0v) is 13.9. The summed E-state index contributed by atoms with van der Waals surface area (Å²) in [6.07, 6.45) is 2.18. The van der Waals surface area contributed by atoms with Gasteiger partial charge in [-0.2, -0.15) is 4.68 Å². The van der Waals surface area contributed by atoms with Gasteiger partial charge in [0.2, 0.25) is 0 Å². The van der Waals surface area contributed by atoms with Crippen molar-refractivity contribution in [3.63, 3.8) is 0 Å². The highest BCUT2D eigenvalue weighted by atomic mass is 16.5. The lowest BCUT2D eigenvalue weighted by molar-refractivity contribution is 0.0951. The van der Waals surface area contributed by atoms with Crippen LogP contribution in [0.3, 0.4) is 0 Å². The number of aryl methyl sites for hydroxylation is 1. The highest BCUT2D eigenvalue weighted by Gasteiger charge is 2.12. The molecule has 1 aromatic heterocycles. The minimum absolute atomic E-state index is 0.165. The van der Waals surface area contributed by atoms with Gasteiger partial charge >= 0.3 is 0 Å². The lowest BCUT2D eigenvalue weighted by Gasteiger charge is -2.10. The van der Waals surface area contributed by atoms with Crippen LogP contribution in [0.4, 0.5) is 0 Å². The fraction of sp³-hybridized carbons (Fsp3) is 0.222. The lowest BCUT2D eigenvalue weighted by Crippen LogP contribution is -2.26. The van der Waals surface area contributed by atoms with Crippen LogP contribution in [-0.4, -0.2) is 39.3 Å². The molecule has 128 valence electrons. The Morgan fingerprint density at radius 1 is 1.20 bits per heavy atom. The highest BCUT2D eigenvalue weighted by Crippen LogP contribution is 2.13. The Morgan fingerprint density at radius 3 is 2.88 bits per heavy atom. The van der Waals surface area contributed by atoms with E-state index in [-0.39, 0.29) is 5.91 Å². The first-order valence-electron chi connectivity index (χ1n) is 8.04. The van der Waals surface area contributed by atoms with E-state index in [2.05, 4.69) is 20.8 Å². The summed E-state index contributed by atoms with van der Waals surface area (Å²) in [7, 11) is 0. The third kappa shape index (κ3) is 4.41. The third-order valence-corrected chi connectivity index (χ3v) is 3.61. The Balaban J connectivity index is 1.50. The number of tetrazole rings is 1. The van der Waals surface area contributed by atoms with Crippen LogP contribution >= 0.6 is 0 Å². The van der Waals surface area contributed by atoms with E-state index in [4.69, 9.17) is 4.74 Å². The highest BCUT2D eigenvalue weighted by molar-refractivity contribution is 5.97. The number of aromatic nitrogens is 4. The predicted octanol–water partition coefficient (Wildman–Crippen LogP) is 2.17. The Labute approximate surface area is 145 Å². The van der Waals surface area contributed by atoms with Crippen molar-refractivity contribution >= 4 is 5.91 Å². The van der Waals surface area contributed by atoms with Crippen LogP contribution in [0.1, 0.15) is 22.3 Å². The minimum atomic E-state index is -0.165. The molecule has 0 bridgehead atoms. The second kappa shape index (κ2) is 8.05. The van der Waals surface area contributed by atoms with E-state index in [1.165, 1.54) is 11.0 Å². The van der Waals surface area contributed by atoms with E-state index in [1.807, 2.05) is 43.3 Å². The second-order valence-electron chi connectivity index (χ2n) is 5.55. The number of amides is 1. The summed E-state index contributed by atoms with van der Waals surface area (Å²) in [5.74, 6) is 0.678. The molecular formula is C18H19N5O2. The average Bonchev–Trinajstić information content (AvgIpc) is 3.16. The third-order valence-electron chi connectivity index (χ3n) is 3.61. The van der Waals surface area contributed by atoms with E-state index in [0.29, 0.717) is 30.8 Å². The Hall–Kier alpha value is -3.22. The number of nitrogens with one attached hydrogen (secondary N) is 1. The van der Waals surface area contributed by atoms with Crippen molar-refractivity contribution in [2.75, 3.05) is 13.2 Å². The van der Waals surface area contributed by atoms with Crippen molar-refractivity contribution < 1.29 is 9.53 Å². The fourth-order valence-electron chi connectivity index (χ4n) is 2.40. The molecule has 2 aromatic carbocycles. The number of para-hydroxylation sites is 1. The molecule has 0 aliphatic carbocycles. The number of rotatable bonds is 7. The van der Waals surface area contributed by atoms with Crippen molar-refractivity contribution in [1.82, 2.24) is 25.5 Å². The molecule has 0 fully saturated rings. The summed E-state index contributed by atoms with van der Waals surface area (Å²) in [5, 5.41) is 13.9. The maximum atomic E-state index is 12.4. The van der Waals surface area contributed by atoms with E-state index in [1.54, 1.807) is 12.1 Å². The number of carbonyl (C=O) groups excluding carboxylic acids is 1. The topological polar surface area (TPSA) is 81.9 Å². The first-order valence-corrected chi connectivity index (χ1v) is 8.04. The molecule has 0 atom stereocenters. The van der Waals surface area contributed by atoms with Gasteiger partial charge in [-0.25, -0.2) is 0 Å². The molecule has 0 saturated carbocycles. The summed E-state index contributed by atoms with van der Waals surface area (Å²) in [4.78, 5) is 12.4. The van der Waals surface area contributed by atoms with Gasteiger partial charge < -0.3 is 10.1 Å². The maximum absolute atomic E-state index is 12.4. The molecule has 1 N–H and O–H groups in total. The molecule has 1 amide bonds. The zero-order chi connectivity index (χ0) is 17.5.